The van der Waals surface area contributed by atoms with Crippen molar-refractivity contribution >= 4 is 44.9 Å². The lowest BCUT2D eigenvalue weighted by atomic mass is 9.63. The number of carbonyl (C=O) groups excluding carboxylic acids is 2. The van der Waals surface area contributed by atoms with Crippen molar-refractivity contribution in [2.75, 3.05) is 6.54 Å². The Balaban J connectivity index is 1.80. The molecule has 6 nitrogen and oxygen atoms in total. The molecule has 2 aliphatic carbocycles. The first kappa shape index (κ1) is 29.9. The van der Waals surface area contributed by atoms with Crippen LogP contribution in [0.25, 0.3) is 0 Å². The Kier molecular flexibility index (Phi) is 7.71. The summed E-state index contributed by atoms with van der Waals surface area (Å²) in [5, 5.41) is 0.237. The van der Waals surface area contributed by atoms with Crippen LogP contribution < -0.4 is 4.18 Å². The first-order chi connectivity index (χ1) is 19.1. The summed E-state index contributed by atoms with van der Waals surface area (Å²) < 4.78 is 32.5. The van der Waals surface area contributed by atoms with Gasteiger partial charge in [0.2, 0.25) is 0 Å². The zero-order chi connectivity index (χ0) is 29.9. The van der Waals surface area contributed by atoms with Crippen LogP contribution in [-0.4, -0.2) is 31.4 Å². The fraction of sp³-hybridized carbons (Fsp3) is 0.438. The Morgan fingerprint density at radius 3 is 1.93 bits per heavy atom. The van der Waals surface area contributed by atoms with Crippen molar-refractivity contribution in [3.05, 3.63) is 80.6 Å². The molecule has 0 amide bonds. The van der Waals surface area contributed by atoms with E-state index >= 15 is 0 Å². The Labute approximate surface area is 252 Å². The smallest absolute Gasteiger partial charge is 0.339 e. The lowest BCUT2D eigenvalue weighted by Crippen LogP contribution is -2.44. The molecule has 9 heteroatoms. The molecular formula is C32H35Cl2NO5S. The minimum atomic E-state index is -4.29. The number of rotatable bonds is 6. The van der Waals surface area contributed by atoms with Crippen molar-refractivity contribution in [3.63, 3.8) is 0 Å². The summed E-state index contributed by atoms with van der Waals surface area (Å²) in [6.45, 7) is 11.0. The molecule has 5 rings (SSSR count). The van der Waals surface area contributed by atoms with E-state index in [1.807, 2.05) is 0 Å². The summed E-state index contributed by atoms with van der Waals surface area (Å²) in [5.41, 5.74) is 2.53. The maximum Gasteiger partial charge on any atom is 0.339 e. The highest BCUT2D eigenvalue weighted by atomic mass is 35.5. The molecule has 0 atom stereocenters. The maximum atomic E-state index is 14.0. The molecule has 41 heavy (non-hydrogen) atoms. The van der Waals surface area contributed by atoms with E-state index in [0.717, 1.165) is 17.8 Å². The number of benzene rings is 2. The van der Waals surface area contributed by atoms with Gasteiger partial charge >= 0.3 is 10.1 Å². The van der Waals surface area contributed by atoms with Gasteiger partial charge in [0, 0.05) is 58.4 Å². The molecule has 0 N–H and O–H groups in total. The van der Waals surface area contributed by atoms with Crippen LogP contribution in [0.3, 0.4) is 0 Å². The molecule has 0 unspecified atom stereocenters. The van der Waals surface area contributed by atoms with Gasteiger partial charge in [-0.3, -0.25) is 9.59 Å². The van der Waals surface area contributed by atoms with Gasteiger partial charge in [0.15, 0.2) is 17.3 Å². The summed E-state index contributed by atoms with van der Waals surface area (Å²) in [6.07, 6.45) is 2.72. The monoisotopic (exact) mass is 615 g/mol. The quantitative estimate of drug-likeness (QED) is 0.308. The lowest BCUT2D eigenvalue weighted by Gasteiger charge is -2.49. The normalized spacial score (nSPS) is 20.7. The van der Waals surface area contributed by atoms with E-state index in [9.17, 15) is 18.0 Å². The molecule has 2 aromatic rings. The van der Waals surface area contributed by atoms with Crippen LogP contribution in [0.4, 0.5) is 0 Å². The molecule has 1 heterocycles. The van der Waals surface area contributed by atoms with E-state index in [-0.39, 0.29) is 43.1 Å². The fourth-order valence-corrected chi connectivity index (χ4v) is 8.07. The van der Waals surface area contributed by atoms with Crippen LogP contribution in [0.2, 0.25) is 10.0 Å². The molecule has 2 aromatic carbocycles. The van der Waals surface area contributed by atoms with E-state index in [1.165, 1.54) is 18.2 Å². The van der Waals surface area contributed by atoms with Gasteiger partial charge in [0.05, 0.1) is 5.02 Å². The van der Waals surface area contributed by atoms with Crippen molar-refractivity contribution in [3.8, 4) is 5.75 Å². The molecule has 0 aromatic heterocycles. The molecule has 0 saturated carbocycles. The summed E-state index contributed by atoms with van der Waals surface area (Å²) in [5.74, 6) is -1.11. The van der Waals surface area contributed by atoms with Gasteiger partial charge in [0.1, 0.15) is 4.90 Å². The second-order valence-electron chi connectivity index (χ2n) is 12.8. The molecule has 0 spiro atoms. The van der Waals surface area contributed by atoms with Gasteiger partial charge in [-0.1, -0.05) is 76.0 Å². The van der Waals surface area contributed by atoms with E-state index in [0.29, 0.717) is 48.9 Å². The number of halogens is 2. The van der Waals surface area contributed by atoms with Crippen molar-refractivity contribution in [1.82, 2.24) is 4.90 Å². The predicted octanol–water partition coefficient (Wildman–Crippen LogP) is 7.86. The van der Waals surface area contributed by atoms with Crippen LogP contribution in [0, 0.1) is 10.8 Å². The van der Waals surface area contributed by atoms with E-state index in [2.05, 4.69) is 39.5 Å². The van der Waals surface area contributed by atoms with E-state index in [4.69, 9.17) is 27.4 Å². The molecule has 0 bridgehead atoms. The summed E-state index contributed by atoms with van der Waals surface area (Å²) in [7, 11) is -4.29. The van der Waals surface area contributed by atoms with E-state index < -0.39 is 16.0 Å². The third-order valence-electron chi connectivity index (χ3n) is 8.04. The third kappa shape index (κ3) is 5.61. The number of hydrogen-bond acceptors (Lipinski definition) is 6. The molecular weight excluding hydrogens is 581 g/mol. The highest BCUT2D eigenvalue weighted by Gasteiger charge is 2.49. The topological polar surface area (TPSA) is 80.8 Å². The minimum absolute atomic E-state index is 0.0144. The average Bonchev–Trinajstić information content (AvgIpc) is 2.85. The summed E-state index contributed by atoms with van der Waals surface area (Å²) in [4.78, 5) is 30.2. The van der Waals surface area contributed by atoms with Crippen LogP contribution in [0.5, 0.6) is 5.75 Å². The summed E-state index contributed by atoms with van der Waals surface area (Å²) >= 11 is 13.2. The fourth-order valence-electron chi connectivity index (χ4n) is 6.48. The molecule has 218 valence electrons. The Hall–Kier alpha value is -2.61. The largest absolute Gasteiger partial charge is 0.377 e. The van der Waals surface area contributed by atoms with Crippen LogP contribution in [-0.2, 0) is 19.7 Å². The number of nitrogens with zero attached hydrogens (tertiary/aromatic N) is 1. The second-order valence-corrected chi connectivity index (χ2v) is 15.2. The van der Waals surface area contributed by atoms with Crippen molar-refractivity contribution < 1.29 is 22.2 Å². The van der Waals surface area contributed by atoms with Gasteiger partial charge in [-0.2, -0.15) is 8.42 Å². The van der Waals surface area contributed by atoms with Gasteiger partial charge in [-0.25, -0.2) is 0 Å². The predicted molar refractivity (Wildman–Crippen MR) is 161 cm³/mol. The molecule has 0 radical (unpaired) electrons. The maximum absolute atomic E-state index is 14.0. The SMILES string of the molecule is CCCN1C2=C(C(=O)CC(C)(C)C2)C(c2cc(Cl)cc(Cl)c2OS(=O)(=O)c2ccccc2)C2=C1CC(C)(C)CC2=O. The second kappa shape index (κ2) is 10.6. The summed E-state index contributed by atoms with van der Waals surface area (Å²) in [6, 6.07) is 10.8. The molecule has 3 aliphatic rings. The van der Waals surface area contributed by atoms with Gasteiger partial charge in [0.25, 0.3) is 0 Å². The standard InChI is InChI=1S/C32H35Cl2NO5S/c1-6-12-35-23-15-31(2,3)17-25(36)28(23)27(29-24(35)16-32(4,5)18-26(29)37)21-13-19(33)14-22(34)30(21)40-41(38,39)20-10-8-7-9-11-20/h7-11,13-14,27H,6,12,15-18H2,1-5H3. The first-order valence-corrected chi connectivity index (χ1v) is 16.1. The first-order valence-electron chi connectivity index (χ1n) is 13.9. The van der Waals surface area contributed by atoms with Crippen molar-refractivity contribution in [2.45, 2.75) is 77.5 Å². The van der Waals surface area contributed by atoms with Gasteiger partial charge in [-0.15, -0.1) is 0 Å². The average molecular weight is 617 g/mol. The third-order valence-corrected chi connectivity index (χ3v) is 9.78. The van der Waals surface area contributed by atoms with Crippen molar-refractivity contribution in [2.24, 2.45) is 10.8 Å². The lowest BCUT2D eigenvalue weighted by molar-refractivity contribution is -0.119. The molecule has 1 aliphatic heterocycles. The minimum Gasteiger partial charge on any atom is -0.377 e. The van der Waals surface area contributed by atoms with Crippen LogP contribution in [0.15, 0.2) is 69.9 Å². The number of Topliss-reactive ketones (excluding diaryl/α,β-unsaturated/α-hetero) is 2. The van der Waals surface area contributed by atoms with Gasteiger partial charge in [-0.05, 0) is 54.4 Å². The number of allylic oxidation sites excluding steroid dienone is 4. The molecule has 0 saturated heterocycles. The zero-order valence-corrected chi connectivity index (χ0v) is 26.3. The highest BCUT2D eigenvalue weighted by molar-refractivity contribution is 7.87. The van der Waals surface area contributed by atoms with E-state index in [1.54, 1.807) is 24.3 Å². The Morgan fingerprint density at radius 1 is 0.878 bits per heavy atom. The zero-order valence-electron chi connectivity index (χ0n) is 24.0. The Morgan fingerprint density at radius 2 is 1.41 bits per heavy atom. The van der Waals surface area contributed by atoms with Crippen LogP contribution >= 0.6 is 23.2 Å². The van der Waals surface area contributed by atoms with Crippen molar-refractivity contribution in [1.29, 1.82) is 0 Å². The Bertz CT molecular complexity index is 1550. The highest BCUT2D eigenvalue weighted by Crippen LogP contribution is 2.56. The number of ketones is 2. The molecule has 0 fully saturated rings. The van der Waals surface area contributed by atoms with Gasteiger partial charge < -0.3 is 9.08 Å². The number of carbonyl (C=O) groups is 2. The van der Waals surface area contributed by atoms with Crippen LogP contribution in [0.1, 0.15) is 78.2 Å². The number of hydrogen-bond donors (Lipinski definition) is 0.